The van der Waals surface area contributed by atoms with Gasteiger partial charge in [-0.05, 0) is 25.1 Å². The summed E-state index contributed by atoms with van der Waals surface area (Å²) in [6.45, 7) is 1.49. The van der Waals surface area contributed by atoms with Gasteiger partial charge >= 0.3 is 0 Å². The highest BCUT2D eigenvalue weighted by Gasteiger charge is 2.15. The van der Waals surface area contributed by atoms with Gasteiger partial charge in [-0.25, -0.2) is 9.97 Å². The molecule has 0 aliphatic heterocycles. The van der Waals surface area contributed by atoms with Gasteiger partial charge in [-0.3, -0.25) is 9.59 Å². The van der Waals surface area contributed by atoms with Crippen molar-refractivity contribution in [2.24, 2.45) is 0 Å². The van der Waals surface area contributed by atoms with E-state index in [0.717, 1.165) is 0 Å². The number of rotatable bonds is 4. The topological polar surface area (TPSA) is 98.0 Å². The van der Waals surface area contributed by atoms with Crippen molar-refractivity contribution in [1.82, 2.24) is 9.97 Å². The number of hydrogen-bond donors (Lipinski definition) is 2. The lowest BCUT2D eigenvalue weighted by Gasteiger charge is -2.09. The van der Waals surface area contributed by atoms with Crippen LogP contribution in [-0.4, -0.2) is 21.7 Å². The van der Waals surface area contributed by atoms with Crippen molar-refractivity contribution in [1.29, 1.82) is 0 Å². The molecule has 3 aromatic rings. The van der Waals surface area contributed by atoms with E-state index in [-0.39, 0.29) is 20.1 Å². The number of aromatic nitrogens is 2. The highest BCUT2D eigenvalue weighted by molar-refractivity contribution is 6.06. The van der Waals surface area contributed by atoms with Crippen LogP contribution in [-0.2, 0) is 0 Å². The molecule has 0 saturated heterocycles. The number of nitrogens with two attached hydrogens (primary N) is 1. The van der Waals surface area contributed by atoms with Crippen molar-refractivity contribution in [3.63, 3.8) is 0 Å². The van der Waals surface area contributed by atoms with E-state index >= 15 is 0 Å². The highest BCUT2D eigenvalue weighted by atomic mass is 16.2. The molecule has 0 fully saturated rings. The average Bonchev–Trinajstić information content (AvgIpc) is 2.63. The van der Waals surface area contributed by atoms with Crippen molar-refractivity contribution in [2.75, 3.05) is 11.1 Å². The third kappa shape index (κ3) is 3.69. The van der Waals surface area contributed by atoms with Crippen LogP contribution < -0.4 is 11.1 Å². The van der Waals surface area contributed by atoms with Gasteiger partial charge in [0.1, 0.15) is 0 Å². The van der Waals surface area contributed by atoms with Crippen LogP contribution >= 0.6 is 0 Å². The normalized spacial score (nSPS) is 10.3. The molecule has 0 radical (unpaired) electrons. The monoisotopic (exact) mass is 336 g/mol. The largest absolute Gasteiger partial charge is 0.382 e. The third-order valence-corrected chi connectivity index (χ3v) is 3.61. The molecule has 1 heterocycles. The first-order valence-corrected chi connectivity index (χ1v) is 7.65. The molecule has 1 aromatic heterocycles. The summed E-state index contributed by atoms with van der Waals surface area (Å²) in [6, 6.07) is 16.0. The lowest BCUT2D eigenvalue weighted by Crippen LogP contribution is -2.17. The zero-order valence-corrected chi connectivity index (χ0v) is 13.6. The van der Waals surface area contributed by atoms with Crippen LogP contribution in [0, 0.1) is 0 Å². The Bertz CT molecular complexity index is 949. The SMILES string of the molecule is CC(=O)c1cccc(-c2cnc(N)c(C(=O)Nc3ccccc3)n2)c1.[HH].[HH]. The number of nitrogens with one attached hydrogen (secondary N) is 1. The third-order valence-electron chi connectivity index (χ3n) is 3.61. The van der Waals surface area contributed by atoms with Crippen molar-refractivity contribution < 1.29 is 12.4 Å². The smallest absolute Gasteiger partial charge is 0.278 e. The number of hydrogen-bond acceptors (Lipinski definition) is 5. The van der Waals surface area contributed by atoms with Crippen LogP contribution in [0.25, 0.3) is 11.3 Å². The van der Waals surface area contributed by atoms with Crippen molar-refractivity contribution in [3.8, 4) is 11.3 Å². The number of para-hydroxylation sites is 1. The number of carbonyl (C=O) groups is 2. The summed E-state index contributed by atoms with van der Waals surface area (Å²) >= 11 is 0. The number of amides is 1. The number of benzene rings is 2. The maximum atomic E-state index is 12.4. The van der Waals surface area contributed by atoms with Crippen LogP contribution in [0.1, 0.15) is 30.6 Å². The molecule has 25 heavy (non-hydrogen) atoms. The fourth-order valence-corrected chi connectivity index (χ4v) is 2.31. The van der Waals surface area contributed by atoms with Gasteiger partial charge in [-0.15, -0.1) is 0 Å². The minimum absolute atomic E-state index is 0. The Balaban J connectivity index is 0.00000182. The first-order valence-electron chi connectivity index (χ1n) is 7.65. The number of nitrogens with zero attached hydrogens (tertiary/aromatic N) is 2. The van der Waals surface area contributed by atoms with Crippen molar-refractivity contribution in [3.05, 3.63) is 72.1 Å². The number of Topliss-reactive ketones (excluding diaryl/α,β-unsaturated/α-hetero) is 1. The molecule has 3 N–H and O–H groups in total. The highest BCUT2D eigenvalue weighted by Crippen LogP contribution is 2.20. The van der Waals surface area contributed by atoms with E-state index < -0.39 is 5.91 Å². The summed E-state index contributed by atoms with van der Waals surface area (Å²) in [6.07, 6.45) is 1.48. The van der Waals surface area contributed by atoms with Gasteiger partial charge in [0.15, 0.2) is 17.3 Å². The molecule has 3 rings (SSSR count). The number of nitrogen functional groups attached to an aromatic ring is 1. The lowest BCUT2D eigenvalue weighted by atomic mass is 10.1. The lowest BCUT2D eigenvalue weighted by molar-refractivity contribution is 0.101. The van der Waals surface area contributed by atoms with Gasteiger partial charge in [0.25, 0.3) is 5.91 Å². The zero-order valence-electron chi connectivity index (χ0n) is 13.6. The molecular weight excluding hydrogens is 316 g/mol. The van der Waals surface area contributed by atoms with E-state index in [1.54, 1.807) is 36.4 Å². The second-order valence-electron chi connectivity index (χ2n) is 5.45. The molecule has 1 amide bonds. The van der Waals surface area contributed by atoms with Gasteiger partial charge < -0.3 is 11.1 Å². The Morgan fingerprint density at radius 2 is 1.84 bits per heavy atom. The maximum Gasteiger partial charge on any atom is 0.278 e. The molecule has 0 bridgehead atoms. The summed E-state index contributed by atoms with van der Waals surface area (Å²) in [5, 5.41) is 2.73. The summed E-state index contributed by atoms with van der Waals surface area (Å²) in [5.41, 5.74) is 8.20. The predicted molar refractivity (Wildman–Crippen MR) is 101 cm³/mol. The second-order valence-corrected chi connectivity index (χ2v) is 5.45. The van der Waals surface area contributed by atoms with Gasteiger partial charge in [-0.2, -0.15) is 0 Å². The maximum absolute atomic E-state index is 12.4. The van der Waals surface area contributed by atoms with E-state index in [1.165, 1.54) is 13.1 Å². The fourth-order valence-electron chi connectivity index (χ4n) is 2.31. The van der Waals surface area contributed by atoms with Crippen molar-refractivity contribution >= 4 is 23.2 Å². The fraction of sp³-hybridized carbons (Fsp3) is 0.0526. The van der Waals surface area contributed by atoms with E-state index in [9.17, 15) is 9.59 Å². The first kappa shape index (κ1) is 16.3. The van der Waals surface area contributed by atoms with Crippen LogP contribution in [0.5, 0.6) is 0 Å². The standard InChI is InChI=1S/C19H16N4O2.2H2/c1-12(24)13-6-5-7-14(10-13)16-11-21-18(20)17(23-16)19(25)22-15-8-3-2-4-9-15;;/h2-11H,1H3,(H2,20,21)(H,22,25);2*1H. The number of anilines is 2. The summed E-state index contributed by atoms with van der Waals surface area (Å²) in [4.78, 5) is 32.4. The second kappa shape index (κ2) is 6.92. The van der Waals surface area contributed by atoms with Crippen molar-refractivity contribution in [2.45, 2.75) is 6.92 Å². The Morgan fingerprint density at radius 3 is 2.56 bits per heavy atom. The molecule has 128 valence electrons. The van der Waals surface area contributed by atoms with E-state index in [2.05, 4.69) is 15.3 Å². The predicted octanol–water partition coefficient (Wildman–Crippen LogP) is 3.67. The Hall–Kier alpha value is -3.54. The molecular formula is C19H20N4O2. The molecule has 0 unspecified atom stereocenters. The van der Waals surface area contributed by atoms with E-state index in [1.807, 2.05) is 18.2 Å². The first-order chi connectivity index (χ1) is 12.0. The molecule has 0 spiro atoms. The average molecular weight is 336 g/mol. The van der Waals surface area contributed by atoms with Crippen LogP contribution in [0.4, 0.5) is 11.5 Å². The number of carbonyl (C=O) groups excluding carboxylic acids is 2. The van der Waals surface area contributed by atoms with E-state index in [4.69, 9.17) is 5.73 Å². The molecule has 0 atom stereocenters. The molecule has 2 aromatic carbocycles. The Kier molecular flexibility index (Phi) is 4.52. The van der Waals surface area contributed by atoms with Crippen LogP contribution in [0.15, 0.2) is 60.8 Å². The molecule has 6 heteroatoms. The quantitative estimate of drug-likeness (QED) is 0.708. The molecule has 6 nitrogen and oxygen atoms in total. The summed E-state index contributed by atoms with van der Waals surface area (Å²) in [5.74, 6) is -0.451. The summed E-state index contributed by atoms with van der Waals surface area (Å²) in [7, 11) is 0. The minimum atomic E-state index is -0.444. The van der Waals surface area contributed by atoms with Crippen LogP contribution in [0.2, 0.25) is 0 Å². The van der Waals surface area contributed by atoms with Gasteiger partial charge in [-0.1, -0.05) is 36.4 Å². The van der Waals surface area contributed by atoms with Crippen LogP contribution in [0.3, 0.4) is 0 Å². The Labute approximate surface area is 147 Å². The number of ketones is 1. The zero-order chi connectivity index (χ0) is 17.8. The Morgan fingerprint density at radius 1 is 1.08 bits per heavy atom. The van der Waals surface area contributed by atoms with Gasteiger partial charge in [0.2, 0.25) is 0 Å². The van der Waals surface area contributed by atoms with E-state index in [0.29, 0.717) is 22.5 Å². The van der Waals surface area contributed by atoms with Gasteiger partial charge in [0.05, 0.1) is 11.9 Å². The summed E-state index contributed by atoms with van der Waals surface area (Å²) < 4.78 is 0. The minimum Gasteiger partial charge on any atom is -0.382 e. The molecule has 0 aliphatic carbocycles. The molecule has 0 aliphatic rings. The molecule has 0 saturated carbocycles. The van der Waals surface area contributed by atoms with Gasteiger partial charge in [0, 0.05) is 19.7 Å².